The number of anilines is 1. The van der Waals surface area contributed by atoms with Gasteiger partial charge in [0.05, 0.1) is 13.2 Å². The number of nitrogens with one attached hydrogen (secondary N) is 2. The minimum Gasteiger partial charge on any atom is -0.493 e. The number of hydrogen-bond donors (Lipinski definition) is 2. The lowest BCUT2D eigenvalue weighted by Gasteiger charge is -2.15. The Kier molecular flexibility index (Phi) is 9.25. The van der Waals surface area contributed by atoms with Crippen molar-refractivity contribution in [2.45, 2.75) is 19.9 Å². The molecular weight excluding hydrogens is 522 g/mol. The van der Waals surface area contributed by atoms with Crippen LogP contribution >= 0.6 is 15.9 Å². The van der Waals surface area contributed by atoms with Crippen LogP contribution in [0, 0.1) is 18.3 Å². The van der Waals surface area contributed by atoms with Crippen molar-refractivity contribution < 1.29 is 19.1 Å². The van der Waals surface area contributed by atoms with Crippen molar-refractivity contribution in [3.63, 3.8) is 0 Å². The minimum absolute atomic E-state index is 0.0633. The van der Waals surface area contributed by atoms with Gasteiger partial charge in [-0.1, -0.05) is 64.0 Å². The zero-order chi connectivity index (χ0) is 26.1. The summed E-state index contributed by atoms with van der Waals surface area (Å²) in [5.41, 5.74) is 3.18. The molecule has 0 unspecified atom stereocenters. The molecule has 0 aliphatic carbocycles. The first kappa shape index (κ1) is 26.5. The zero-order valence-corrected chi connectivity index (χ0v) is 21.8. The summed E-state index contributed by atoms with van der Waals surface area (Å²) in [6, 6.07) is 21.9. The summed E-state index contributed by atoms with van der Waals surface area (Å²) in [6.07, 6.45) is 1.47. The van der Waals surface area contributed by atoms with Crippen LogP contribution in [0.3, 0.4) is 0 Å². The van der Waals surface area contributed by atoms with Gasteiger partial charge in [0, 0.05) is 10.2 Å². The molecule has 36 heavy (non-hydrogen) atoms. The lowest BCUT2D eigenvalue weighted by atomic mass is 10.1. The molecule has 0 aliphatic heterocycles. The van der Waals surface area contributed by atoms with Gasteiger partial charge in [0.25, 0.3) is 11.8 Å². The number of carbonyl (C=O) groups excluding carboxylic acids is 2. The van der Waals surface area contributed by atoms with E-state index in [4.69, 9.17) is 9.47 Å². The number of rotatable bonds is 9. The number of aryl methyl sites for hydroxylation is 1. The largest absolute Gasteiger partial charge is 0.493 e. The third-order valence-electron chi connectivity index (χ3n) is 5.29. The van der Waals surface area contributed by atoms with Crippen LogP contribution in [0.5, 0.6) is 11.5 Å². The highest BCUT2D eigenvalue weighted by Crippen LogP contribution is 2.34. The molecule has 0 heterocycles. The molecule has 184 valence electrons. The van der Waals surface area contributed by atoms with E-state index in [1.54, 1.807) is 12.1 Å². The smallest absolute Gasteiger partial charge is 0.262 e. The SMILES string of the molecule is COc1cc(/C=C(/C#N)C(=O)N[C@H](C)c2ccccc2)c(Br)cc1OCC(=O)Nc1ccc(C)cc1. The van der Waals surface area contributed by atoms with Crippen molar-refractivity contribution in [1.82, 2.24) is 5.32 Å². The van der Waals surface area contributed by atoms with Crippen LogP contribution in [0.4, 0.5) is 5.69 Å². The molecule has 0 saturated carbocycles. The van der Waals surface area contributed by atoms with E-state index in [9.17, 15) is 14.9 Å². The number of nitriles is 1. The van der Waals surface area contributed by atoms with E-state index in [0.717, 1.165) is 11.1 Å². The molecule has 3 aromatic carbocycles. The fraction of sp³-hybridized carbons (Fsp3) is 0.179. The van der Waals surface area contributed by atoms with Crippen LogP contribution in [0.25, 0.3) is 6.08 Å². The summed E-state index contributed by atoms with van der Waals surface area (Å²) < 4.78 is 11.6. The first-order valence-electron chi connectivity index (χ1n) is 11.1. The Morgan fingerprint density at radius 2 is 1.78 bits per heavy atom. The number of amides is 2. The molecule has 0 spiro atoms. The van der Waals surface area contributed by atoms with Gasteiger partial charge in [-0.05, 0) is 55.3 Å². The van der Waals surface area contributed by atoms with Gasteiger partial charge in [-0.15, -0.1) is 0 Å². The maximum absolute atomic E-state index is 12.7. The predicted octanol–water partition coefficient (Wildman–Crippen LogP) is 5.57. The summed E-state index contributed by atoms with van der Waals surface area (Å²) in [4.78, 5) is 25.0. The van der Waals surface area contributed by atoms with Crippen molar-refractivity contribution in [3.8, 4) is 17.6 Å². The molecule has 2 amide bonds. The molecule has 0 aromatic heterocycles. The number of ether oxygens (including phenoxy) is 2. The Labute approximate surface area is 218 Å². The minimum atomic E-state index is -0.493. The molecule has 0 fully saturated rings. The third kappa shape index (κ3) is 7.20. The molecule has 8 heteroatoms. The van der Waals surface area contributed by atoms with Gasteiger partial charge in [0.15, 0.2) is 18.1 Å². The Balaban J connectivity index is 1.71. The van der Waals surface area contributed by atoms with E-state index in [0.29, 0.717) is 27.2 Å². The first-order valence-corrected chi connectivity index (χ1v) is 11.9. The second-order valence-corrected chi connectivity index (χ2v) is 8.86. The topological polar surface area (TPSA) is 100 Å². The second kappa shape index (κ2) is 12.6. The van der Waals surface area contributed by atoms with Gasteiger partial charge >= 0.3 is 0 Å². The lowest BCUT2D eigenvalue weighted by Crippen LogP contribution is -2.27. The highest BCUT2D eigenvalue weighted by molar-refractivity contribution is 9.10. The summed E-state index contributed by atoms with van der Waals surface area (Å²) in [5, 5.41) is 15.2. The van der Waals surface area contributed by atoms with Crippen molar-refractivity contribution in [3.05, 3.63) is 93.5 Å². The number of carbonyl (C=O) groups is 2. The average molecular weight is 548 g/mol. The van der Waals surface area contributed by atoms with Crippen LogP contribution in [-0.2, 0) is 9.59 Å². The van der Waals surface area contributed by atoms with Gasteiger partial charge in [-0.3, -0.25) is 9.59 Å². The van der Waals surface area contributed by atoms with Crippen LogP contribution in [0.15, 0.2) is 76.8 Å². The van der Waals surface area contributed by atoms with Crippen molar-refractivity contribution in [1.29, 1.82) is 5.26 Å². The van der Waals surface area contributed by atoms with Crippen LogP contribution in [-0.4, -0.2) is 25.5 Å². The average Bonchev–Trinajstić information content (AvgIpc) is 2.88. The monoisotopic (exact) mass is 547 g/mol. The van der Waals surface area contributed by atoms with Crippen LogP contribution < -0.4 is 20.1 Å². The molecule has 0 radical (unpaired) electrons. The summed E-state index contributed by atoms with van der Waals surface area (Å²) in [6.45, 7) is 3.59. The number of methoxy groups -OCH3 is 1. The Bertz CT molecular complexity index is 1300. The summed E-state index contributed by atoms with van der Waals surface area (Å²) in [7, 11) is 1.47. The Hall–Kier alpha value is -4.09. The third-order valence-corrected chi connectivity index (χ3v) is 5.98. The highest BCUT2D eigenvalue weighted by Gasteiger charge is 2.16. The van der Waals surface area contributed by atoms with E-state index in [1.165, 1.54) is 13.2 Å². The van der Waals surface area contributed by atoms with Crippen molar-refractivity contribution >= 4 is 39.5 Å². The lowest BCUT2D eigenvalue weighted by molar-refractivity contribution is -0.118. The molecule has 0 bridgehead atoms. The molecule has 3 rings (SSSR count). The number of benzene rings is 3. The molecular formula is C28H26BrN3O4. The van der Waals surface area contributed by atoms with E-state index < -0.39 is 5.91 Å². The summed E-state index contributed by atoms with van der Waals surface area (Å²) >= 11 is 3.45. The van der Waals surface area contributed by atoms with Gasteiger partial charge in [-0.2, -0.15) is 5.26 Å². The fourth-order valence-electron chi connectivity index (χ4n) is 3.31. The predicted molar refractivity (Wildman–Crippen MR) is 143 cm³/mol. The number of nitrogens with zero attached hydrogens (tertiary/aromatic N) is 1. The molecule has 0 aliphatic rings. The van der Waals surface area contributed by atoms with E-state index in [1.807, 2.05) is 74.5 Å². The van der Waals surface area contributed by atoms with Gasteiger partial charge < -0.3 is 20.1 Å². The van der Waals surface area contributed by atoms with Gasteiger partial charge in [-0.25, -0.2) is 0 Å². The summed E-state index contributed by atoms with van der Waals surface area (Å²) in [5.74, 6) is -0.131. The Morgan fingerprint density at radius 3 is 2.42 bits per heavy atom. The molecule has 3 aromatic rings. The molecule has 2 N–H and O–H groups in total. The molecule has 1 atom stereocenters. The zero-order valence-electron chi connectivity index (χ0n) is 20.2. The van der Waals surface area contributed by atoms with Crippen molar-refractivity contribution in [2.75, 3.05) is 19.0 Å². The fourth-order valence-corrected chi connectivity index (χ4v) is 3.75. The van der Waals surface area contributed by atoms with Gasteiger partial charge in [0.1, 0.15) is 11.6 Å². The van der Waals surface area contributed by atoms with Crippen molar-refractivity contribution in [2.24, 2.45) is 0 Å². The highest BCUT2D eigenvalue weighted by atomic mass is 79.9. The molecule has 7 nitrogen and oxygen atoms in total. The maximum Gasteiger partial charge on any atom is 0.262 e. The standard InChI is InChI=1S/C28H26BrN3O4/c1-18-9-11-23(12-10-18)32-27(33)17-36-26-15-24(29)21(14-25(26)35-3)13-22(16-30)28(34)31-19(2)20-7-5-4-6-8-20/h4-15,19H,17H2,1-3H3,(H,31,34)(H,32,33)/b22-13-/t19-/m1/s1. The van der Waals surface area contributed by atoms with Crippen LogP contribution in [0.1, 0.15) is 29.7 Å². The van der Waals surface area contributed by atoms with Gasteiger partial charge in [0.2, 0.25) is 0 Å². The normalized spacial score (nSPS) is 11.7. The number of hydrogen-bond acceptors (Lipinski definition) is 5. The van der Waals surface area contributed by atoms with Crippen LogP contribution in [0.2, 0.25) is 0 Å². The number of halogens is 1. The second-order valence-electron chi connectivity index (χ2n) is 8.00. The van der Waals surface area contributed by atoms with E-state index in [-0.39, 0.29) is 24.1 Å². The molecule has 0 saturated heterocycles. The quantitative estimate of drug-likeness (QED) is 0.269. The van der Waals surface area contributed by atoms with E-state index in [2.05, 4.69) is 26.6 Å². The van der Waals surface area contributed by atoms with E-state index >= 15 is 0 Å². The Morgan fingerprint density at radius 1 is 1.08 bits per heavy atom. The maximum atomic E-state index is 12.7. The first-order chi connectivity index (χ1) is 17.3.